The van der Waals surface area contributed by atoms with E-state index in [1.165, 1.54) is 70.6 Å². The molecule has 1 atom stereocenters. The summed E-state index contributed by atoms with van der Waals surface area (Å²) < 4.78 is -0.439. The van der Waals surface area contributed by atoms with E-state index in [9.17, 15) is 10.0 Å². The molecule has 0 radical (unpaired) electrons. The molecule has 0 fully saturated rings. The van der Waals surface area contributed by atoms with Crippen molar-refractivity contribution in [1.29, 1.82) is 0 Å². The average Bonchev–Trinajstić information content (AvgIpc) is 2.62. The molecule has 1 amide bonds. The van der Waals surface area contributed by atoms with Gasteiger partial charge in [0.15, 0.2) is 0 Å². The molecule has 0 aliphatic heterocycles. The number of unbranched alkanes of at least 4 members (excludes halogenated alkanes) is 12. The van der Waals surface area contributed by atoms with Crippen molar-refractivity contribution in [3.63, 3.8) is 0 Å². The smallest absolute Gasteiger partial charge is 0.219 e. The Morgan fingerprint density at radius 1 is 0.815 bits per heavy atom. The van der Waals surface area contributed by atoms with Crippen LogP contribution in [0, 0.1) is 5.21 Å². The predicted octanol–water partition coefficient (Wildman–Crippen LogP) is 4.91. The first-order valence-corrected chi connectivity index (χ1v) is 11.4. The maximum atomic E-state index is 11.8. The van der Waals surface area contributed by atoms with Crippen LogP contribution in [0.3, 0.4) is 0 Å². The summed E-state index contributed by atoms with van der Waals surface area (Å²) in [7, 11) is 1.56. The maximum absolute atomic E-state index is 11.8. The molecule has 5 heteroatoms. The van der Waals surface area contributed by atoms with Gasteiger partial charge in [-0.3, -0.25) is 4.79 Å². The van der Waals surface area contributed by atoms with E-state index in [1.54, 1.807) is 7.05 Å². The Morgan fingerprint density at radius 2 is 1.30 bits per heavy atom. The third-order valence-corrected chi connectivity index (χ3v) is 5.21. The Hall–Kier alpha value is -0.650. The summed E-state index contributed by atoms with van der Waals surface area (Å²) in [6.45, 7) is 3.37. The lowest BCUT2D eigenvalue weighted by atomic mass is 10.0. The van der Waals surface area contributed by atoms with E-state index >= 15 is 0 Å². The number of carbonyl (C=O) groups is 1. The summed E-state index contributed by atoms with van der Waals surface area (Å²) in [5.41, 5.74) is 0. The third-order valence-electron chi connectivity index (χ3n) is 5.21. The van der Waals surface area contributed by atoms with Crippen LogP contribution >= 0.6 is 0 Å². The fourth-order valence-electron chi connectivity index (χ4n) is 3.36. The number of carbonyl (C=O) groups excluding carboxylic acids is 1. The summed E-state index contributed by atoms with van der Waals surface area (Å²) in [5, 5.41) is 23.5. The van der Waals surface area contributed by atoms with Crippen LogP contribution in [0.25, 0.3) is 0 Å². The van der Waals surface area contributed by atoms with Gasteiger partial charge in [0, 0.05) is 19.4 Å². The number of hydrogen-bond acceptors (Lipinski definition) is 3. The van der Waals surface area contributed by atoms with E-state index in [-0.39, 0.29) is 19.1 Å². The lowest BCUT2D eigenvalue weighted by molar-refractivity contribution is -0.861. The Morgan fingerprint density at radius 3 is 1.78 bits per heavy atom. The van der Waals surface area contributed by atoms with Crippen LogP contribution in [-0.2, 0) is 4.79 Å². The summed E-state index contributed by atoms with van der Waals surface area (Å²) in [4.78, 5) is 11.8. The van der Waals surface area contributed by atoms with Crippen molar-refractivity contribution < 1.29 is 14.5 Å². The van der Waals surface area contributed by atoms with Crippen LogP contribution in [0.2, 0.25) is 0 Å². The van der Waals surface area contributed by atoms with Crippen LogP contribution in [-0.4, -0.2) is 48.9 Å². The molecule has 1 unspecified atom stereocenters. The Kier molecular flexibility index (Phi) is 18.3. The molecule has 0 spiro atoms. The first-order chi connectivity index (χ1) is 13.0. The van der Waals surface area contributed by atoms with Crippen LogP contribution < -0.4 is 5.32 Å². The number of nitrogens with one attached hydrogen (secondary N) is 1. The van der Waals surface area contributed by atoms with Gasteiger partial charge < -0.3 is 20.3 Å². The fraction of sp³-hybridized carbons (Fsp3) is 0.955. The highest BCUT2D eigenvalue weighted by atomic mass is 16.5. The highest BCUT2D eigenvalue weighted by Crippen LogP contribution is 2.12. The summed E-state index contributed by atoms with van der Waals surface area (Å²) in [5.74, 6) is 0.0975. The van der Waals surface area contributed by atoms with Gasteiger partial charge in [0.1, 0.15) is 6.54 Å². The van der Waals surface area contributed by atoms with E-state index in [0.717, 1.165) is 12.8 Å². The second-order valence-electron chi connectivity index (χ2n) is 8.16. The van der Waals surface area contributed by atoms with E-state index in [0.29, 0.717) is 25.9 Å². The molecule has 0 rings (SSSR count). The van der Waals surface area contributed by atoms with Gasteiger partial charge in [-0.1, -0.05) is 84.0 Å². The predicted molar refractivity (Wildman–Crippen MR) is 114 cm³/mol. The maximum Gasteiger partial charge on any atom is 0.219 e. The lowest BCUT2D eigenvalue weighted by Crippen LogP contribution is -2.42. The number of aliphatic hydroxyl groups excluding tert-OH is 1. The largest absolute Gasteiger partial charge is 0.633 e. The minimum atomic E-state index is -0.439. The molecule has 0 aliphatic carbocycles. The first-order valence-electron chi connectivity index (χ1n) is 11.4. The molecule has 0 aromatic carbocycles. The van der Waals surface area contributed by atoms with Crippen molar-refractivity contribution >= 4 is 5.91 Å². The van der Waals surface area contributed by atoms with E-state index in [2.05, 4.69) is 12.2 Å². The normalized spacial score (nSPS) is 13.5. The number of hydroxylamine groups is 3. The molecule has 27 heavy (non-hydrogen) atoms. The minimum absolute atomic E-state index is 0.0919. The standard InChI is InChI=1S/C22H46N2O3/c1-3-4-5-6-7-8-9-10-11-12-13-14-15-17-22(26)23-18-16-19-24(2,27)20-21-25/h25H,3-21H2,1-2H3,(H,23,26). The highest BCUT2D eigenvalue weighted by Gasteiger charge is 2.09. The molecule has 0 aromatic rings. The summed E-state index contributed by atoms with van der Waals surface area (Å²) in [6.07, 6.45) is 18.3. The third kappa shape index (κ3) is 19.9. The van der Waals surface area contributed by atoms with E-state index in [1.807, 2.05) is 0 Å². The van der Waals surface area contributed by atoms with Crippen molar-refractivity contribution in [3.8, 4) is 0 Å². The molecule has 0 aliphatic rings. The van der Waals surface area contributed by atoms with Gasteiger partial charge in [-0.05, 0) is 6.42 Å². The topological polar surface area (TPSA) is 72.4 Å². The minimum Gasteiger partial charge on any atom is -0.633 e. The number of rotatable bonds is 20. The molecule has 0 saturated carbocycles. The molecule has 5 nitrogen and oxygen atoms in total. The van der Waals surface area contributed by atoms with E-state index in [4.69, 9.17) is 5.11 Å². The molecule has 0 aromatic heterocycles. The zero-order valence-electron chi connectivity index (χ0n) is 18.1. The van der Waals surface area contributed by atoms with Gasteiger partial charge >= 0.3 is 0 Å². The zero-order valence-corrected chi connectivity index (χ0v) is 18.1. The SMILES string of the molecule is CCCCCCCCCCCCCCCC(=O)NCCC[N+](C)([O-])CCO. The quantitative estimate of drug-likeness (QED) is 0.177. The van der Waals surface area contributed by atoms with Gasteiger partial charge in [-0.15, -0.1) is 0 Å². The number of aliphatic hydroxyl groups is 1. The zero-order chi connectivity index (χ0) is 20.2. The number of quaternary nitrogens is 1. The van der Waals surface area contributed by atoms with Crippen molar-refractivity contribution in [1.82, 2.24) is 5.32 Å². The first kappa shape index (κ1) is 26.4. The van der Waals surface area contributed by atoms with Gasteiger partial charge in [0.2, 0.25) is 5.91 Å². The Bertz CT molecular complexity index is 336. The summed E-state index contributed by atoms with van der Waals surface area (Å²) in [6, 6.07) is 0. The molecular weight excluding hydrogens is 340 g/mol. The van der Waals surface area contributed by atoms with Crippen LogP contribution in [0.1, 0.15) is 103 Å². The van der Waals surface area contributed by atoms with Crippen molar-refractivity contribution in [2.24, 2.45) is 0 Å². The molecule has 0 bridgehead atoms. The van der Waals surface area contributed by atoms with Gasteiger partial charge in [-0.25, -0.2) is 0 Å². The van der Waals surface area contributed by atoms with Gasteiger partial charge in [0.25, 0.3) is 0 Å². The monoisotopic (exact) mass is 386 g/mol. The lowest BCUT2D eigenvalue weighted by Gasteiger charge is -2.38. The van der Waals surface area contributed by atoms with Crippen LogP contribution in [0.15, 0.2) is 0 Å². The molecule has 0 saturated heterocycles. The average molecular weight is 387 g/mol. The number of hydrogen-bond donors (Lipinski definition) is 2. The van der Waals surface area contributed by atoms with Crippen LogP contribution in [0.5, 0.6) is 0 Å². The fourth-order valence-corrected chi connectivity index (χ4v) is 3.36. The molecule has 0 heterocycles. The Balaban J connectivity index is 3.28. The van der Waals surface area contributed by atoms with Crippen LogP contribution in [0.4, 0.5) is 0 Å². The molecule has 2 N–H and O–H groups in total. The highest BCUT2D eigenvalue weighted by molar-refractivity contribution is 5.75. The molecule has 162 valence electrons. The number of amides is 1. The number of nitrogens with zero attached hydrogens (tertiary/aromatic N) is 1. The number of likely N-dealkylation sites (N-methyl/N-ethyl adjacent to an activating group) is 1. The van der Waals surface area contributed by atoms with Crippen molar-refractivity contribution in [3.05, 3.63) is 5.21 Å². The second-order valence-corrected chi connectivity index (χ2v) is 8.16. The van der Waals surface area contributed by atoms with E-state index < -0.39 is 4.65 Å². The summed E-state index contributed by atoms with van der Waals surface area (Å²) >= 11 is 0. The van der Waals surface area contributed by atoms with Gasteiger partial charge in [-0.2, -0.15) is 0 Å². The second kappa shape index (κ2) is 18.7. The van der Waals surface area contributed by atoms with Crippen molar-refractivity contribution in [2.45, 2.75) is 103 Å². The van der Waals surface area contributed by atoms with Crippen molar-refractivity contribution in [2.75, 3.05) is 33.3 Å². The van der Waals surface area contributed by atoms with Gasteiger partial charge in [0.05, 0.1) is 20.2 Å². The molecular formula is C22H46N2O3. The Labute approximate surface area is 168 Å².